The number of aromatic nitrogens is 2. The van der Waals surface area contributed by atoms with E-state index in [9.17, 15) is 9.59 Å². The summed E-state index contributed by atoms with van der Waals surface area (Å²) in [6.45, 7) is 3.09. The molecule has 1 aliphatic rings. The molecular weight excluding hydrogens is 272 g/mol. The standard InChI is InChI=1S/C13H18N6O2/c1-8-10(6-14)19-5-4-18(7-12(19)17-8)13(21)9(15)2-3-11(16)20/h9H,2-5,7,15H2,1H3,(H2,16,20)/t9-/m0/s1. The quantitative estimate of drug-likeness (QED) is 0.734. The fraction of sp³-hybridized carbons (Fsp3) is 0.538. The zero-order valence-corrected chi connectivity index (χ0v) is 11.9. The van der Waals surface area contributed by atoms with Gasteiger partial charge < -0.3 is 20.9 Å². The second-order valence-corrected chi connectivity index (χ2v) is 5.10. The van der Waals surface area contributed by atoms with Gasteiger partial charge in [-0.05, 0) is 13.3 Å². The summed E-state index contributed by atoms with van der Waals surface area (Å²) in [5.41, 5.74) is 12.1. The number of primary amides is 1. The number of imidazole rings is 1. The van der Waals surface area contributed by atoms with E-state index in [0.29, 0.717) is 36.8 Å². The number of hydrogen-bond donors (Lipinski definition) is 2. The molecule has 1 aliphatic heterocycles. The van der Waals surface area contributed by atoms with Crippen LogP contribution in [-0.2, 0) is 22.7 Å². The van der Waals surface area contributed by atoms with Crippen LogP contribution in [-0.4, -0.2) is 38.9 Å². The first kappa shape index (κ1) is 15.0. The number of fused-ring (bicyclic) bond motifs is 1. The molecule has 8 heteroatoms. The summed E-state index contributed by atoms with van der Waals surface area (Å²) in [4.78, 5) is 28.9. The van der Waals surface area contributed by atoms with Crippen molar-refractivity contribution in [3.8, 4) is 6.07 Å². The first-order valence-corrected chi connectivity index (χ1v) is 6.72. The number of carbonyl (C=O) groups excluding carboxylic acids is 2. The molecule has 0 unspecified atom stereocenters. The number of hydrogen-bond acceptors (Lipinski definition) is 5. The summed E-state index contributed by atoms with van der Waals surface area (Å²) in [6, 6.07) is 1.38. The van der Waals surface area contributed by atoms with Crippen molar-refractivity contribution >= 4 is 11.8 Å². The fourth-order valence-corrected chi connectivity index (χ4v) is 2.45. The molecule has 21 heavy (non-hydrogen) atoms. The van der Waals surface area contributed by atoms with Gasteiger partial charge in [-0.15, -0.1) is 0 Å². The third-order valence-electron chi connectivity index (χ3n) is 3.58. The van der Waals surface area contributed by atoms with E-state index in [1.165, 1.54) is 0 Å². The summed E-state index contributed by atoms with van der Waals surface area (Å²) in [6.07, 6.45) is 0.328. The van der Waals surface area contributed by atoms with E-state index in [1.54, 1.807) is 11.8 Å². The van der Waals surface area contributed by atoms with E-state index >= 15 is 0 Å². The van der Waals surface area contributed by atoms with Gasteiger partial charge in [-0.2, -0.15) is 5.26 Å². The molecule has 0 fully saturated rings. The average molecular weight is 290 g/mol. The van der Waals surface area contributed by atoms with E-state index in [2.05, 4.69) is 11.1 Å². The minimum atomic E-state index is -0.740. The molecule has 0 saturated heterocycles. The van der Waals surface area contributed by atoms with Crippen molar-refractivity contribution in [1.82, 2.24) is 14.5 Å². The van der Waals surface area contributed by atoms with Crippen molar-refractivity contribution in [3.05, 3.63) is 17.2 Å². The van der Waals surface area contributed by atoms with E-state index < -0.39 is 11.9 Å². The maximum atomic E-state index is 12.2. The van der Waals surface area contributed by atoms with Crippen LogP contribution in [0.4, 0.5) is 0 Å². The maximum Gasteiger partial charge on any atom is 0.239 e. The highest BCUT2D eigenvalue weighted by molar-refractivity contribution is 5.82. The van der Waals surface area contributed by atoms with Crippen molar-refractivity contribution in [1.29, 1.82) is 5.26 Å². The van der Waals surface area contributed by atoms with E-state index in [-0.39, 0.29) is 18.7 Å². The Labute approximate surface area is 122 Å². The van der Waals surface area contributed by atoms with Crippen LogP contribution in [0.3, 0.4) is 0 Å². The second kappa shape index (κ2) is 5.93. The predicted octanol–water partition coefficient (Wildman–Crippen LogP) is -1.00. The molecule has 2 amide bonds. The Kier molecular flexibility index (Phi) is 4.23. The summed E-state index contributed by atoms with van der Waals surface area (Å²) in [5, 5.41) is 9.09. The van der Waals surface area contributed by atoms with Crippen LogP contribution >= 0.6 is 0 Å². The van der Waals surface area contributed by atoms with Crippen molar-refractivity contribution in [2.45, 2.75) is 38.9 Å². The third kappa shape index (κ3) is 3.03. The Morgan fingerprint density at radius 2 is 2.19 bits per heavy atom. The molecule has 0 aliphatic carbocycles. The molecule has 0 saturated carbocycles. The van der Waals surface area contributed by atoms with E-state index in [4.69, 9.17) is 16.7 Å². The van der Waals surface area contributed by atoms with Crippen molar-refractivity contribution < 1.29 is 9.59 Å². The molecule has 8 nitrogen and oxygen atoms in total. The van der Waals surface area contributed by atoms with Gasteiger partial charge in [0.25, 0.3) is 0 Å². The summed E-state index contributed by atoms with van der Waals surface area (Å²) in [5.74, 6) is -0.00543. The van der Waals surface area contributed by atoms with Crippen molar-refractivity contribution in [3.63, 3.8) is 0 Å². The van der Waals surface area contributed by atoms with Crippen LogP contribution < -0.4 is 11.5 Å². The number of amides is 2. The second-order valence-electron chi connectivity index (χ2n) is 5.10. The SMILES string of the molecule is Cc1nc2n(c1C#N)CCN(C(=O)[C@@H](N)CCC(N)=O)C2. The maximum absolute atomic E-state index is 12.2. The average Bonchev–Trinajstić information content (AvgIpc) is 2.77. The van der Waals surface area contributed by atoms with E-state index in [0.717, 1.165) is 0 Å². The molecule has 2 rings (SSSR count). The predicted molar refractivity (Wildman–Crippen MR) is 73.5 cm³/mol. The van der Waals surface area contributed by atoms with Crippen LogP contribution in [0.25, 0.3) is 0 Å². The van der Waals surface area contributed by atoms with Gasteiger partial charge in [-0.3, -0.25) is 9.59 Å². The largest absolute Gasteiger partial charge is 0.370 e. The number of rotatable bonds is 4. The zero-order valence-electron chi connectivity index (χ0n) is 11.9. The Morgan fingerprint density at radius 3 is 2.81 bits per heavy atom. The first-order valence-electron chi connectivity index (χ1n) is 6.72. The van der Waals surface area contributed by atoms with Crippen LogP contribution in [0.1, 0.15) is 30.1 Å². The Morgan fingerprint density at radius 1 is 1.48 bits per heavy atom. The summed E-state index contributed by atoms with van der Waals surface area (Å²) >= 11 is 0. The lowest BCUT2D eigenvalue weighted by molar-refractivity contribution is -0.134. The number of carbonyl (C=O) groups is 2. The summed E-state index contributed by atoms with van der Waals surface area (Å²) in [7, 11) is 0. The van der Waals surface area contributed by atoms with Crippen LogP contribution in [0.15, 0.2) is 0 Å². The normalized spacial score (nSPS) is 15.2. The lowest BCUT2D eigenvalue weighted by atomic mass is 10.1. The highest BCUT2D eigenvalue weighted by atomic mass is 16.2. The fourth-order valence-electron chi connectivity index (χ4n) is 2.45. The minimum absolute atomic E-state index is 0.0903. The Bertz CT molecular complexity index is 615. The van der Waals surface area contributed by atoms with Crippen molar-refractivity contribution in [2.75, 3.05) is 6.54 Å². The molecular formula is C13H18N6O2. The molecule has 1 aromatic rings. The number of aryl methyl sites for hydroxylation is 1. The van der Waals surface area contributed by atoms with Crippen LogP contribution in [0, 0.1) is 18.3 Å². The third-order valence-corrected chi connectivity index (χ3v) is 3.58. The summed E-state index contributed by atoms with van der Waals surface area (Å²) < 4.78 is 1.83. The smallest absolute Gasteiger partial charge is 0.239 e. The molecule has 0 spiro atoms. The van der Waals surface area contributed by atoms with Gasteiger partial charge in [0.2, 0.25) is 11.8 Å². The van der Waals surface area contributed by atoms with Gasteiger partial charge >= 0.3 is 0 Å². The zero-order chi connectivity index (χ0) is 15.6. The number of nitriles is 1. The van der Waals surface area contributed by atoms with Gasteiger partial charge in [-0.1, -0.05) is 0 Å². The highest BCUT2D eigenvalue weighted by Crippen LogP contribution is 2.18. The molecule has 0 radical (unpaired) electrons. The molecule has 1 atom stereocenters. The topological polar surface area (TPSA) is 131 Å². The Balaban J connectivity index is 2.06. The minimum Gasteiger partial charge on any atom is -0.370 e. The molecule has 112 valence electrons. The molecule has 0 aromatic carbocycles. The van der Waals surface area contributed by atoms with E-state index in [1.807, 2.05) is 4.57 Å². The van der Waals surface area contributed by atoms with Crippen molar-refractivity contribution in [2.24, 2.45) is 11.5 Å². The van der Waals surface area contributed by atoms with Crippen LogP contribution in [0.5, 0.6) is 0 Å². The molecule has 2 heterocycles. The van der Waals surface area contributed by atoms with Gasteiger partial charge in [0.1, 0.15) is 17.6 Å². The van der Waals surface area contributed by atoms with Gasteiger partial charge in [-0.25, -0.2) is 4.98 Å². The van der Waals surface area contributed by atoms with Gasteiger partial charge in [0.05, 0.1) is 18.3 Å². The monoisotopic (exact) mass is 290 g/mol. The molecule has 1 aromatic heterocycles. The van der Waals surface area contributed by atoms with Crippen LogP contribution in [0.2, 0.25) is 0 Å². The first-order chi connectivity index (χ1) is 9.93. The number of nitrogens with two attached hydrogens (primary N) is 2. The Hall–Kier alpha value is -2.40. The molecule has 4 N–H and O–H groups in total. The van der Waals surface area contributed by atoms with Gasteiger partial charge in [0, 0.05) is 19.5 Å². The highest BCUT2D eigenvalue weighted by Gasteiger charge is 2.27. The lowest BCUT2D eigenvalue weighted by Gasteiger charge is -2.30. The lowest BCUT2D eigenvalue weighted by Crippen LogP contribution is -2.47. The number of nitrogens with zero attached hydrogens (tertiary/aromatic N) is 4. The molecule has 0 bridgehead atoms. The van der Waals surface area contributed by atoms with Gasteiger partial charge in [0.15, 0.2) is 0 Å².